The molecule has 18 nitrogen and oxygen atoms in total. The normalized spacial score (nSPS) is 15.2. The van der Waals surface area contributed by atoms with E-state index < -0.39 is 7.82 Å². The summed E-state index contributed by atoms with van der Waals surface area (Å²) in [5, 5.41) is 42.3. The van der Waals surface area contributed by atoms with Gasteiger partial charge >= 0.3 is 7.82 Å². The van der Waals surface area contributed by atoms with Crippen LogP contribution in [0.5, 0.6) is 0 Å². The van der Waals surface area contributed by atoms with Crippen molar-refractivity contribution < 1.29 is 89.2 Å². The molecule has 0 bridgehead atoms. The Kier molecular flexibility index (Phi) is 38.0. The maximum atomic E-state index is 8.88. The lowest BCUT2D eigenvalue weighted by atomic mass is 9.98. The van der Waals surface area contributed by atoms with Gasteiger partial charge in [0.15, 0.2) is 0 Å². The minimum Gasteiger partial charge on any atom is -0.311 e. The first-order valence-electron chi connectivity index (χ1n) is 19.1. The third kappa shape index (κ3) is 43.3. The molecule has 0 aromatic rings. The summed E-state index contributed by atoms with van der Waals surface area (Å²) < 4.78 is 8.88. The van der Waals surface area contributed by atoms with Crippen molar-refractivity contribution in [1.82, 2.24) is 0 Å². The Labute approximate surface area is 314 Å². The molecule has 0 atom stereocenters. The van der Waals surface area contributed by atoms with Crippen LogP contribution >= 0.6 is 7.82 Å². The number of rotatable bonds is 32. The zero-order valence-corrected chi connectivity index (χ0v) is 32.8. The van der Waals surface area contributed by atoms with E-state index in [1.54, 1.807) is 0 Å². The monoisotopic (exact) mass is 794 g/mol. The van der Waals surface area contributed by atoms with Gasteiger partial charge in [-0.2, -0.15) is 0 Å². The first kappa shape index (κ1) is 51.7. The minimum absolute atomic E-state index is 0.0290. The van der Waals surface area contributed by atoms with Crippen molar-refractivity contribution in [3.05, 3.63) is 24.7 Å². The van der Waals surface area contributed by atoms with Gasteiger partial charge in [0, 0.05) is 43.1 Å². The number of phosphoric acid groups is 1. The summed E-state index contributed by atoms with van der Waals surface area (Å²) in [5.41, 5.74) is 0. The highest BCUT2D eigenvalue weighted by Gasteiger charge is 2.16. The van der Waals surface area contributed by atoms with Gasteiger partial charge < -0.3 is 24.5 Å². The van der Waals surface area contributed by atoms with E-state index in [4.69, 9.17) is 38.8 Å². The zero-order chi connectivity index (χ0) is 39.1. The van der Waals surface area contributed by atoms with Gasteiger partial charge in [-0.05, 0) is 58.7 Å². The van der Waals surface area contributed by atoms with Gasteiger partial charge in [0.05, 0.1) is 12.2 Å². The van der Waals surface area contributed by atoms with Crippen LogP contribution in [0, 0.1) is 0 Å². The molecule has 2 saturated carbocycles. The van der Waals surface area contributed by atoms with Crippen LogP contribution in [0.3, 0.4) is 0 Å². The summed E-state index contributed by atoms with van der Waals surface area (Å²) in [7, 11) is -4.64. The lowest BCUT2D eigenvalue weighted by Crippen LogP contribution is -2.17. The summed E-state index contributed by atoms with van der Waals surface area (Å²) in [5.74, 6) is 0.929. The lowest BCUT2D eigenvalue weighted by molar-refractivity contribution is -0.789. The average Bonchev–Trinajstić information content (AvgIpc) is 3.14. The third-order valence-corrected chi connectivity index (χ3v) is 8.10. The van der Waals surface area contributed by atoms with Gasteiger partial charge in [-0.25, -0.2) is 14.3 Å². The van der Waals surface area contributed by atoms with Gasteiger partial charge in [0.25, 0.3) is 0 Å². The van der Waals surface area contributed by atoms with Gasteiger partial charge in [-0.15, -0.1) is 0 Å². The fourth-order valence-electron chi connectivity index (χ4n) is 5.30. The molecule has 316 valence electrons. The highest BCUT2D eigenvalue weighted by Crippen LogP contribution is 2.26. The topological polar surface area (TPSA) is 207 Å². The molecule has 2 fully saturated rings. The molecule has 0 saturated heterocycles. The molecule has 0 aliphatic heterocycles. The first-order valence-corrected chi connectivity index (χ1v) is 20.7. The minimum atomic E-state index is -4.64. The predicted octanol–water partition coefficient (Wildman–Crippen LogP) is 10.2. The number of unbranched alkanes of at least 4 members (excludes halogenated alkanes) is 12. The van der Waals surface area contributed by atoms with E-state index in [0.717, 1.165) is 77.0 Å². The lowest BCUT2D eigenvalue weighted by Gasteiger charge is -2.18. The van der Waals surface area contributed by atoms with E-state index in [1.165, 1.54) is 77.0 Å². The van der Waals surface area contributed by atoms with Crippen molar-refractivity contribution in [3.8, 4) is 0 Å². The van der Waals surface area contributed by atoms with Crippen LogP contribution < -0.4 is 0 Å². The van der Waals surface area contributed by atoms with Gasteiger partial charge in [-0.3, -0.25) is 0 Å². The Morgan fingerprint density at radius 1 is 0.472 bits per heavy atom. The van der Waals surface area contributed by atoms with Crippen molar-refractivity contribution in [3.63, 3.8) is 0 Å². The average molecular weight is 795 g/mol. The summed E-state index contributed by atoms with van der Waals surface area (Å²) >= 11 is 0. The third-order valence-electron chi connectivity index (χ3n) is 8.10. The second-order valence-corrected chi connectivity index (χ2v) is 13.9. The van der Waals surface area contributed by atoms with E-state index in [9.17, 15) is 0 Å². The van der Waals surface area contributed by atoms with Crippen molar-refractivity contribution in [1.29, 1.82) is 0 Å². The fraction of sp³-hybridized carbons (Fsp3) is 0.882. The second-order valence-electron chi connectivity index (χ2n) is 12.9. The predicted molar refractivity (Wildman–Crippen MR) is 187 cm³/mol. The Hall–Kier alpha value is -1.29. The maximum absolute atomic E-state index is 8.88. The van der Waals surface area contributed by atoms with Crippen molar-refractivity contribution in [2.45, 2.75) is 193 Å². The molecule has 19 heteroatoms. The molecule has 2 aliphatic carbocycles. The van der Waals surface area contributed by atoms with Gasteiger partial charge in [0.2, 0.25) is 0 Å². The number of hydrogen-bond acceptors (Lipinski definition) is 15. The number of allylic oxidation sites excluding steroid dienone is 2. The van der Waals surface area contributed by atoms with E-state index >= 15 is 0 Å². The van der Waals surface area contributed by atoms with Crippen LogP contribution in [0.2, 0.25) is 0 Å². The van der Waals surface area contributed by atoms with Crippen LogP contribution in [-0.2, 0) is 74.5 Å². The molecule has 0 radical (unpaired) electrons. The molecule has 3 N–H and O–H groups in total. The van der Waals surface area contributed by atoms with Crippen molar-refractivity contribution >= 4 is 7.82 Å². The molecule has 0 aromatic heterocycles. The van der Waals surface area contributed by atoms with E-state index in [-0.39, 0.29) is 12.2 Å². The molecule has 0 unspecified atom stereocenters. The zero-order valence-electron chi connectivity index (χ0n) is 31.9. The van der Waals surface area contributed by atoms with Crippen LogP contribution in [0.1, 0.15) is 181 Å². The Morgan fingerprint density at radius 2 is 0.755 bits per heavy atom. The largest absolute Gasteiger partial charge is 0.466 e. The van der Waals surface area contributed by atoms with Crippen molar-refractivity contribution in [2.24, 2.45) is 0 Å². The smallest absolute Gasteiger partial charge is 0.311 e. The molecule has 0 aromatic carbocycles. The summed E-state index contributed by atoms with van der Waals surface area (Å²) in [6.45, 7) is 11.9. The Balaban J connectivity index is 0.000000904. The Morgan fingerprint density at radius 3 is 1.09 bits per heavy atom. The highest BCUT2D eigenvalue weighted by molar-refractivity contribution is 7.45. The number of hydrogen-bond donors (Lipinski definition) is 3. The molecule has 53 heavy (non-hydrogen) atoms. The van der Waals surface area contributed by atoms with E-state index in [1.807, 2.05) is 0 Å². The molecule has 2 rings (SSSR count). The second kappa shape index (κ2) is 39.0. The molecule has 0 amide bonds. The fourth-order valence-corrected chi connectivity index (χ4v) is 5.30. The van der Waals surface area contributed by atoms with Crippen LogP contribution in [0.4, 0.5) is 0 Å². The molecule has 0 heterocycles. The summed E-state index contributed by atoms with van der Waals surface area (Å²) in [4.78, 5) is 41.0. The first-order chi connectivity index (χ1) is 25.7. The Bertz CT molecular complexity index is 785. The summed E-state index contributed by atoms with van der Waals surface area (Å²) in [6.07, 6.45) is 29.4. The van der Waals surface area contributed by atoms with Gasteiger partial charge in [-0.1, -0.05) is 143 Å². The highest BCUT2D eigenvalue weighted by atomic mass is 31.2. The molecular formula is C34H67O18P. The van der Waals surface area contributed by atoms with Gasteiger partial charge in [0.1, 0.15) is 11.5 Å². The van der Waals surface area contributed by atoms with E-state index in [0.29, 0.717) is 24.4 Å². The van der Waals surface area contributed by atoms with Crippen LogP contribution in [-0.4, -0.2) is 26.9 Å². The van der Waals surface area contributed by atoms with Crippen LogP contribution in [0.15, 0.2) is 24.7 Å². The summed E-state index contributed by atoms with van der Waals surface area (Å²) in [6, 6.07) is 0. The maximum Gasteiger partial charge on any atom is 0.466 e. The van der Waals surface area contributed by atoms with E-state index in [2.05, 4.69) is 77.4 Å². The molecular weight excluding hydrogens is 727 g/mol. The molecule has 2 aliphatic rings. The standard InChI is InChI=1S/2C17H32O7.H3O4P/c2*1-3-4-5-6-7-8-10-13-16(2)18-20-22-24-23-21-19-17-14-11-9-12-15-17;1-5(2,3)4/h2*17H,2-15H2,1H3;(H3,1,2,3,4). The van der Waals surface area contributed by atoms with Crippen LogP contribution in [0.25, 0.3) is 0 Å². The molecule has 0 spiro atoms. The SMILES string of the molecule is C=C(CCCCCCCCC)OOOOOOOC1CCCCC1.C=C(CCCCCCCCC)OOOOOOOC1CCCCC1.O=P(O)(O)O. The quantitative estimate of drug-likeness (QED) is 0.0190. The van der Waals surface area contributed by atoms with Crippen molar-refractivity contribution in [2.75, 3.05) is 0 Å².